The van der Waals surface area contributed by atoms with E-state index in [0.717, 1.165) is 11.3 Å². The molecular weight excluding hydrogens is 252 g/mol. The Hall–Kier alpha value is -2.56. The topological polar surface area (TPSA) is 83.5 Å². The molecule has 5 heteroatoms. The molecule has 1 aromatic carbocycles. The molecule has 4 N–H and O–H groups in total. The highest BCUT2D eigenvalue weighted by Crippen LogP contribution is 2.20. The number of rotatable bonds is 4. The Morgan fingerprint density at radius 1 is 1.30 bits per heavy atom. The van der Waals surface area contributed by atoms with Gasteiger partial charge in [0, 0.05) is 18.4 Å². The molecule has 104 valence electrons. The molecule has 0 fully saturated rings. The van der Waals surface area contributed by atoms with E-state index in [0.29, 0.717) is 12.2 Å². The van der Waals surface area contributed by atoms with E-state index >= 15 is 0 Å². The van der Waals surface area contributed by atoms with E-state index in [1.54, 1.807) is 12.3 Å². The van der Waals surface area contributed by atoms with Gasteiger partial charge in [-0.3, -0.25) is 4.98 Å². The SMILES string of the molecule is Cc1cccc(C)c1NCc1ccnc(C(N)=NO)c1. The molecule has 5 nitrogen and oxygen atoms in total. The molecule has 0 radical (unpaired) electrons. The summed E-state index contributed by atoms with van der Waals surface area (Å²) >= 11 is 0. The molecule has 0 aliphatic carbocycles. The zero-order valence-electron chi connectivity index (χ0n) is 11.6. The molecule has 0 atom stereocenters. The van der Waals surface area contributed by atoms with E-state index in [1.165, 1.54) is 11.1 Å². The van der Waals surface area contributed by atoms with Crippen molar-refractivity contribution in [3.63, 3.8) is 0 Å². The monoisotopic (exact) mass is 270 g/mol. The molecule has 0 amide bonds. The fourth-order valence-electron chi connectivity index (χ4n) is 2.06. The Labute approximate surface area is 118 Å². The van der Waals surface area contributed by atoms with Crippen LogP contribution in [0.5, 0.6) is 0 Å². The van der Waals surface area contributed by atoms with Gasteiger partial charge in [0.25, 0.3) is 0 Å². The highest BCUT2D eigenvalue weighted by atomic mass is 16.4. The van der Waals surface area contributed by atoms with Crippen molar-refractivity contribution in [3.05, 3.63) is 58.9 Å². The zero-order valence-corrected chi connectivity index (χ0v) is 11.6. The number of pyridine rings is 1. The van der Waals surface area contributed by atoms with E-state index in [4.69, 9.17) is 10.9 Å². The van der Waals surface area contributed by atoms with Crippen molar-refractivity contribution in [2.24, 2.45) is 10.9 Å². The van der Waals surface area contributed by atoms with Gasteiger partial charge in [0.05, 0.1) is 0 Å². The van der Waals surface area contributed by atoms with Crippen LogP contribution in [-0.2, 0) is 6.54 Å². The highest BCUT2D eigenvalue weighted by molar-refractivity contribution is 5.95. The Balaban J connectivity index is 2.15. The third kappa shape index (κ3) is 3.06. The van der Waals surface area contributed by atoms with Gasteiger partial charge in [0.15, 0.2) is 5.84 Å². The molecule has 0 spiro atoms. The van der Waals surface area contributed by atoms with Crippen molar-refractivity contribution in [2.75, 3.05) is 5.32 Å². The third-order valence-corrected chi connectivity index (χ3v) is 3.14. The zero-order chi connectivity index (χ0) is 14.5. The van der Waals surface area contributed by atoms with Gasteiger partial charge in [0.1, 0.15) is 5.69 Å². The average Bonchev–Trinajstić information content (AvgIpc) is 2.46. The largest absolute Gasteiger partial charge is 0.409 e. The number of hydrogen-bond donors (Lipinski definition) is 3. The number of para-hydroxylation sites is 1. The van der Waals surface area contributed by atoms with Crippen LogP contribution in [-0.4, -0.2) is 16.0 Å². The number of hydrogen-bond acceptors (Lipinski definition) is 4. The van der Waals surface area contributed by atoms with Crippen LogP contribution in [0.1, 0.15) is 22.4 Å². The van der Waals surface area contributed by atoms with E-state index in [2.05, 4.69) is 41.4 Å². The minimum absolute atomic E-state index is 0.0129. The van der Waals surface area contributed by atoms with E-state index < -0.39 is 0 Å². The van der Waals surface area contributed by atoms with E-state index in [-0.39, 0.29) is 5.84 Å². The Bertz CT molecular complexity index is 617. The summed E-state index contributed by atoms with van der Waals surface area (Å²) in [4.78, 5) is 4.06. The summed E-state index contributed by atoms with van der Waals surface area (Å²) in [5.74, 6) is 0.0129. The Morgan fingerprint density at radius 3 is 2.65 bits per heavy atom. The van der Waals surface area contributed by atoms with Gasteiger partial charge in [-0.2, -0.15) is 0 Å². The van der Waals surface area contributed by atoms with Crippen molar-refractivity contribution in [1.29, 1.82) is 0 Å². The lowest BCUT2D eigenvalue weighted by molar-refractivity contribution is 0.318. The van der Waals surface area contributed by atoms with Gasteiger partial charge in [-0.05, 0) is 42.7 Å². The van der Waals surface area contributed by atoms with Gasteiger partial charge in [-0.25, -0.2) is 0 Å². The summed E-state index contributed by atoms with van der Waals surface area (Å²) in [6, 6.07) is 9.89. The summed E-state index contributed by atoms with van der Waals surface area (Å²) in [5.41, 5.74) is 10.6. The number of amidine groups is 1. The van der Waals surface area contributed by atoms with Gasteiger partial charge >= 0.3 is 0 Å². The van der Waals surface area contributed by atoms with Gasteiger partial charge in [-0.15, -0.1) is 0 Å². The van der Waals surface area contributed by atoms with Crippen molar-refractivity contribution in [1.82, 2.24) is 4.98 Å². The van der Waals surface area contributed by atoms with Gasteiger partial charge in [-0.1, -0.05) is 23.4 Å². The molecule has 20 heavy (non-hydrogen) atoms. The number of anilines is 1. The maximum Gasteiger partial charge on any atom is 0.188 e. The van der Waals surface area contributed by atoms with Crippen LogP contribution in [0.4, 0.5) is 5.69 Å². The minimum atomic E-state index is 0.0129. The first-order valence-corrected chi connectivity index (χ1v) is 6.34. The number of nitrogens with two attached hydrogens (primary N) is 1. The number of nitrogens with zero attached hydrogens (tertiary/aromatic N) is 2. The second kappa shape index (κ2) is 6.06. The third-order valence-electron chi connectivity index (χ3n) is 3.14. The second-order valence-electron chi connectivity index (χ2n) is 4.65. The lowest BCUT2D eigenvalue weighted by atomic mass is 10.1. The fraction of sp³-hybridized carbons (Fsp3) is 0.200. The van der Waals surface area contributed by atoms with Crippen LogP contribution in [0, 0.1) is 13.8 Å². The van der Waals surface area contributed by atoms with Gasteiger partial charge in [0.2, 0.25) is 0 Å². The van der Waals surface area contributed by atoms with Crippen molar-refractivity contribution in [3.8, 4) is 0 Å². The molecule has 0 saturated carbocycles. The van der Waals surface area contributed by atoms with Crippen LogP contribution < -0.4 is 11.1 Å². The van der Waals surface area contributed by atoms with Crippen molar-refractivity contribution >= 4 is 11.5 Å². The first-order chi connectivity index (χ1) is 9.61. The van der Waals surface area contributed by atoms with E-state index in [9.17, 15) is 0 Å². The van der Waals surface area contributed by atoms with Crippen LogP contribution in [0.3, 0.4) is 0 Å². The summed E-state index contributed by atoms with van der Waals surface area (Å²) in [7, 11) is 0. The summed E-state index contributed by atoms with van der Waals surface area (Å²) in [6.45, 7) is 4.80. The first-order valence-electron chi connectivity index (χ1n) is 6.34. The van der Waals surface area contributed by atoms with Crippen LogP contribution in [0.2, 0.25) is 0 Å². The molecule has 0 aliphatic rings. The van der Waals surface area contributed by atoms with E-state index in [1.807, 2.05) is 12.1 Å². The maximum absolute atomic E-state index is 8.67. The Morgan fingerprint density at radius 2 is 2.00 bits per heavy atom. The van der Waals surface area contributed by atoms with Crippen LogP contribution in [0.25, 0.3) is 0 Å². The molecule has 1 aromatic heterocycles. The normalized spacial score (nSPS) is 11.4. The molecule has 0 bridgehead atoms. The number of nitrogens with one attached hydrogen (secondary N) is 1. The highest BCUT2D eigenvalue weighted by Gasteiger charge is 2.04. The average molecular weight is 270 g/mol. The number of oxime groups is 1. The van der Waals surface area contributed by atoms with Gasteiger partial charge < -0.3 is 16.3 Å². The molecule has 2 rings (SSSR count). The molecule has 2 aromatic rings. The minimum Gasteiger partial charge on any atom is -0.409 e. The molecular formula is C15H18N4O. The molecule has 0 saturated heterocycles. The molecule has 0 aliphatic heterocycles. The van der Waals surface area contributed by atoms with Crippen molar-refractivity contribution in [2.45, 2.75) is 20.4 Å². The lowest BCUT2D eigenvalue weighted by Gasteiger charge is -2.12. The lowest BCUT2D eigenvalue weighted by Crippen LogP contribution is -2.15. The standard InChI is InChI=1S/C15H18N4O/c1-10-4-3-5-11(2)14(10)18-9-12-6-7-17-13(8-12)15(16)19-20/h3-8,18,20H,9H2,1-2H3,(H2,16,19). The number of aromatic nitrogens is 1. The number of benzene rings is 1. The molecule has 1 heterocycles. The molecule has 0 unspecified atom stereocenters. The fourth-order valence-corrected chi connectivity index (χ4v) is 2.06. The summed E-state index contributed by atoms with van der Waals surface area (Å²) in [6.07, 6.45) is 1.65. The van der Waals surface area contributed by atoms with Crippen molar-refractivity contribution < 1.29 is 5.21 Å². The predicted octanol–water partition coefficient (Wildman–Crippen LogP) is 2.41. The summed E-state index contributed by atoms with van der Waals surface area (Å²) < 4.78 is 0. The second-order valence-corrected chi connectivity index (χ2v) is 4.65. The maximum atomic E-state index is 8.67. The van der Waals surface area contributed by atoms with Crippen LogP contribution in [0.15, 0.2) is 41.7 Å². The van der Waals surface area contributed by atoms with Crippen LogP contribution >= 0.6 is 0 Å². The Kier molecular flexibility index (Phi) is 4.20. The summed E-state index contributed by atoms with van der Waals surface area (Å²) in [5, 5.41) is 15.0. The predicted molar refractivity (Wildman–Crippen MR) is 80.0 cm³/mol. The first kappa shape index (κ1) is 13.9. The quantitative estimate of drug-likeness (QED) is 0.345. The number of aryl methyl sites for hydroxylation is 2. The smallest absolute Gasteiger partial charge is 0.188 e.